The van der Waals surface area contributed by atoms with E-state index >= 15 is 0 Å². The Morgan fingerprint density at radius 3 is 3.00 bits per heavy atom. The molecule has 1 unspecified atom stereocenters. The molecule has 9 heavy (non-hydrogen) atoms. The van der Waals surface area contributed by atoms with Gasteiger partial charge in [-0.2, -0.15) is 5.10 Å². The maximum atomic E-state index is 9.02. The molecule has 1 atom stereocenters. The highest BCUT2D eigenvalue weighted by Crippen LogP contribution is 2.10. The Labute approximate surface area is 67.5 Å². The van der Waals surface area contributed by atoms with E-state index < -0.39 is 6.23 Å². The summed E-state index contributed by atoms with van der Waals surface area (Å²) in [5.41, 5.74) is 0.912. The number of nitrogens with zero attached hydrogens (tertiary/aromatic N) is 2. The predicted molar refractivity (Wildman–Crippen MR) is 44.1 cm³/mol. The van der Waals surface area contributed by atoms with Gasteiger partial charge in [-0.05, 0) is 19.1 Å². The number of halogens is 1. The maximum absolute atomic E-state index is 9.02. The fraction of sp³-hybridized carbons (Fsp3) is 0.400. The van der Waals surface area contributed by atoms with E-state index in [2.05, 4.69) is 5.10 Å². The van der Waals surface area contributed by atoms with Crippen LogP contribution in [0.1, 0.15) is 6.92 Å². The molecule has 0 amide bonds. The smallest absolute Gasteiger partial charge is 0.172 e. The Morgan fingerprint density at radius 1 is 1.89 bits per heavy atom. The van der Waals surface area contributed by atoms with Gasteiger partial charge in [0.1, 0.15) is 0 Å². The molecule has 1 heterocycles. The fourth-order valence-corrected chi connectivity index (χ4v) is 1.07. The summed E-state index contributed by atoms with van der Waals surface area (Å²) in [5.74, 6) is 0. The standard InChI is InChI=1S/C5H7IN2O/c1-4-2-3-5(9)8(6)7-4/h2-3,5,9H,1H3. The van der Waals surface area contributed by atoms with Gasteiger partial charge in [-0.1, -0.05) is 0 Å². The summed E-state index contributed by atoms with van der Waals surface area (Å²) in [5, 5.41) is 13.0. The maximum Gasteiger partial charge on any atom is 0.172 e. The van der Waals surface area contributed by atoms with Crippen LogP contribution in [0.4, 0.5) is 0 Å². The second-order valence-corrected chi connectivity index (χ2v) is 2.79. The van der Waals surface area contributed by atoms with E-state index in [9.17, 15) is 0 Å². The summed E-state index contributed by atoms with van der Waals surface area (Å²) in [6.07, 6.45) is 2.92. The average molecular weight is 238 g/mol. The fourth-order valence-electron chi connectivity index (χ4n) is 0.540. The molecule has 0 bridgehead atoms. The third-order valence-electron chi connectivity index (χ3n) is 0.981. The van der Waals surface area contributed by atoms with Crippen molar-refractivity contribution >= 4 is 28.6 Å². The Bertz CT molecular complexity index is 166. The first-order chi connectivity index (χ1) is 4.20. The van der Waals surface area contributed by atoms with Gasteiger partial charge >= 0.3 is 0 Å². The molecule has 0 radical (unpaired) electrons. The van der Waals surface area contributed by atoms with E-state index in [1.165, 1.54) is 3.22 Å². The monoisotopic (exact) mass is 238 g/mol. The number of aliphatic hydroxyl groups excluding tert-OH is 1. The van der Waals surface area contributed by atoms with E-state index in [1.807, 2.05) is 29.8 Å². The zero-order chi connectivity index (χ0) is 6.85. The van der Waals surface area contributed by atoms with Crippen LogP contribution in [0.15, 0.2) is 17.3 Å². The van der Waals surface area contributed by atoms with Crippen molar-refractivity contribution in [3.63, 3.8) is 0 Å². The number of rotatable bonds is 0. The van der Waals surface area contributed by atoms with Gasteiger partial charge in [-0.25, -0.2) is 3.22 Å². The van der Waals surface area contributed by atoms with Crippen molar-refractivity contribution in [2.45, 2.75) is 13.2 Å². The van der Waals surface area contributed by atoms with Crippen LogP contribution in [0, 0.1) is 0 Å². The molecule has 3 nitrogen and oxygen atoms in total. The average Bonchev–Trinajstić information content (AvgIpc) is 1.80. The summed E-state index contributed by atoms with van der Waals surface area (Å²) >= 11 is 1.94. The molecule has 1 N–H and O–H groups in total. The second kappa shape index (κ2) is 2.66. The summed E-state index contributed by atoms with van der Waals surface area (Å²) in [4.78, 5) is 0. The van der Waals surface area contributed by atoms with E-state index in [-0.39, 0.29) is 0 Å². The van der Waals surface area contributed by atoms with E-state index in [0.717, 1.165) is 5.71 Å². The van der Waals surface area contributed by atoms with Crippen molar-refractivity contribution in [2.75, 3.05) is 0 Å². The van der Waals surface area contributed by atoms with E-state index in [1.54, 1.807) is 12.2 Å². The molecule has 0 aromatic heterocycles. The van der Waals surface area contributed by atoms with Gasteiger partial charge in [0, 0.05) is 0 Å². The minimum absolute atomic E-state index is 0.561. The molecule has 0 aliphatic carbocycles. The van der Waals surface area contributed by atoms with Crippen LogP contribution in [-0.4, -0.2) is 20.3 Å². The first-order valence-corrected chi connectivity index (χ1v) is 3.53. The van der Waals surface area contributed by atoms with Crippen LogP contribution in [0.25, 0.3) is 0 Å². The largest absolute Gasteiger partial charge is 0.368 e. The Balaban J connectivity index is 2.70. The highest BCUT2D eigenvalue weighted by molar-refractivity contribution is 14.1. The van der Waals surface area contributed by atoms with Crippen LogP contribution >= 0.6 is 22.9 Å². The van der Waals surface area contributed by atoms with Crippen molar-refractivity contribution in [1.29, 1.82) is 0 Å². The summed E-state index contributed by atoms with van der Waals surface area (Å²) in [6, 6.07) is 0. The van der Waals surface area contributed by atoms with Crippen LogP contribution in [-0.2, 0) is 0 Å². The second-order valence-electron chi connectivity index (χ2n) is 1.80. The molecule has 0 spiro atoms. The van der Waals surface area contributed by atoms with Gasteiger partial charge in [0.15, 0.2) is 6.23 Å². The van der Waals surface area contributed by atoms with Gasteiger partial charge in [-0.15, -0.1) is 0 Å². The number of allylic oxidation sites excluding steroid dienone is 1. The molecule has 1 aliphatic heterocycles. The predicted octanol–water partition coefficient (Wildman–Crippen LogP) is 0.903. The van der Waals surface area contributed by atoms with Crippen LogP contribution in [0.3, 0.4) is 0 Å². The molecule has 0 aromatic rings. The molecular weight excluding hydrogens is 231 g/mol. The normalized spacial score (nSPS) is 26.3. The molecule has 1 rings (SSSR count). The van der Waals surface area contributed by atoms with Gasteiger partial charge in [0.25, 0.3) is 0 Å². The van der Waals surface area contributed by atoms with Crippen LogP contribution in [0.2, 0.25) is 0 Å². The summed E-state index contributed by atoms with van der Waals surface area (Å²) in [7, 11) is 0. The molecule has 50 valence electrons. The lowest BCUT2D eigenvalue weighted by molar-refractivity contribution is 0.129. The quantitative estimate of drug-likeness (QED) is 0.502. The van der Waals surface area contributed by atoms with Crippen molar-refractivity contribution in [3.8, 4) is 0 Å². The Hall–Kier alpha value is -0.100. The highest BCUT2D eigenvalue weighted by Gasteiger charge is 2.09. The van der Waals surface area contributed by atoms with E-state index in [4.69, 9.17) is 5.11 Å². The first kappa shape index (κ1) is 7.01. The lowest BCUT2D eigenvalue weighted by Crippen LogP contribution is -2.23. The number of hydrogen-bond donors (Lipinski definition) is 1. The minimum atomic E-state index is -0.561. The lowest BCUT2D eigenvalue weighted by Gasteiger charge is -2.18. The zero-order valence-corrected chi connectivity index (χ0v) is 7.11. The van der Waals surface area contributed by atoms with Crippen molar-refractivity contribution in [2.24, 2.45) is 5.10 Å². The third-order valence-corrected chi connectivity index (χ3v) is 1.77. The first-order valence-electron chi connectivity index (χ1n) is 2.56. The number of hydrazone groups is 1. The van der Waals surface area contributed by atoms with Crippen molar-refractivity contribution in [1.82, 2.24) is 3.22 Å². The molecule has 0 aromatic carbocycles. The van der Waals surface area contributed by atoms with Crippen LogP contribution < -0.4 is 0 Å². The minimum Gasteiger partial charge on any atom is -0.368 e. The number of hydrogen-bond acceptors (Lipinski definition) is 3. The molecule has 0 fully saturated rings. The van der Waals surface area contributed by atoms with Gasteiger partial charge in [0.05, 0.1) is 28.6 Å². The molecule has 0 saturated carbocycles. The number of aliphatic hydroxyl groups is 1. The SMILES string of the molecule is CC1=NN(I)C(O)C=C1. The Kier molecular flexibility index (Phi) is 2.07. The Morgan fingerprint density at radius 2 is 2.56 bits per heavy atom. The van der Waals surface area contributed by atoms with Crippen LogP contribution in [0.5, 0.6) is 0 Å². The van der Waals surface area contributed by atoms with Crippen molar-refractivity contribution < 1.29 is 5.11 Å². The zero-order valence-electron chi connectivity index (χ0n) is 4.95. The molecule has 0 saturated heterocycles. The van der Waals surface area contributed by atoms with E-state index in [0.29, 0.717) is 0 Å². The topological polar surface area (TPSA) is 35.8 Å². The van der Waals surface area contributed by atoms with Gasteiger partial charge < -0.3 is 5.11 Å². The van der Waals surface area contributed by atoms with Crippen molar-refractivity contribution in [3.05, 3.63) is 12.2 Å². The molecular formula is C5H7IN2O. The third kappa shape index (κ3) is 1.65. The summed E-state index contributed by atoms with van der Waals surface area (Å²) in [6.45, 7) is 1.88. The molecule has 4 heteroatoms. The van der Waals surface area contributed by atoms with Gasteiger partial charge in [-0.3, -0.25) is 0 Å². The lowest BCUT2D eigenvalue weighted by atomic mass is 10.3. The highest BCUT2D eigenvalue weighted by atomic mass is 127. The molecule has 1 aliphatic rings. The summed E-state index contributed by atoms with van der Waals surface area (Å²) < 4.78 is 1.48. The van der Waals surface area contributed by atoms with Gasteiger partial charge in [0.2, 0.25) is 0 Å².